The van der Waals surface area contributed by atoms with Gasteiger partial charge in [0.2, 0.25) is 0 Å². The zero-order valence-electron chi connectivity index (χ0n) is 11.7. The molecule has 3 nitrogen and oxygen atoms in total. The van der Waals surface area contributed by atoms with Crippen molar-refractivity contribution in [3.05, 3.63) is 34.9 Å². The first-order chi connectivity index (χ1) is 8.60. The van der Waals surface area contributed by atoms with E-state index in [2.05, 4.69) is 13.0 Å². The van der Waals surface area contributed by atoms with Gasteiger partial charge in [0.25, 0.3) is 5.91 Å². The van der Waals surface area contributed by atoms with E-state index in [4.69, 9.17) is 5.73 Å². The van der Waals surface area contributed by atoms with E-state index >= 15 is 0 Å². The molecule has 0 saturated heterocycles. The molecule has 18 heavy (non-hydrogen) atoms. The molecule has 2 N–H and O–H groups in total. The third-order valence-electron chi connectivity index (χ3n) is 3.03. The monoisotopic (exact) mass is 248 g/mol. The van der Waals surface area contributed by atoms with E-state index in [1.54, 1.807) is 0 Å². The minimum atomic E-state index is 0.128. The van der Waals surface area contributed by atoms with Crippen LogP contribution in [0.2, 0.25) is 0 Å². The minimum absolute atomic E-state index is 0.128. The summed E-state index contributed by atoms with van der Waals surface area (Å²) in [5.74, 6) is 0.128. The Kier molecular flexibility index (Phi) is 5.86. The summed E-state index contributed by atoms with van der Waals surface area (Å²) in [4.78, 5) is 14.4. The molecule has 1 amide bonds. The van der Waals surface area contributed by atoms with Crippen molar-refractivity contribution in [1.29, 1.82) is 0 Å². The van der Waals surface area contributed by atoms with Crippen molar-refractivity contribution < 1.29 is 4.79 Å². The summed E-state index contributed by atoms with van der Waals surface area (Å²) in [6, 6.07) is 5.98. The van der Waals surface area contributed by atoms with Crippen LogP contribution in [0.25, 0.3) is 0 Å². The van der Waals surface area contributed by atoms with Crippen LogP contribution in [0.15, 0.2) is 18.2 Å². The fourth-order valence-electron chi connectivity index (χ4n) is 2.09. The highest BCUT2D eigenvalue weighted by atomic mass is 16.2. The van der Waals surface area contributed by atoms with E-state index in [9.17, 15) is 4.79 Å². The predicted octanol–water partition coefficient (Wildman–Crippen LogP) is 2.50. The van der Waals surface area contributed by atoms with Gasteiger partial charge in [-0.3, -0.25) is 4.79 Å². The van der Waals surface area contributed by atoms with Crippen LogP contribution in [0, 0.1) is 13.8 Å². The number of carbonyl (C=O) groups is 1. The molecule has 0 saturated carbocycles. The maximum Gasteiger partial charge on any atom is 0.254 e. The van der Waals surface area contributed by atoms with E-state index in [1.807, 2.05) is 30.9 Å². The highest BCUT2D eigenvalue weighted by Crippen LogP contribution is 2.13. The van der Waals surface area contributed by atoms with Crippen LogP contribution in [-0.2, 0) is 0 Å². The smallest absolute Gasteiger partial charge is 0.254 e. The number of benzene rings is 1. The molecule has 0 heterocycles. The van der Waals surface area contributed by atoms with Crippen LogP contribution in [0.5, 0.6) is 0 Å². The van der Waals surface area contributed by atoms with Gasteiger partial charge in [0.15, 0.2) is 0 Å². The highest BCUT2D eigenvalue weighted by molar-refractivity contribution is 5.95. The van der Waals surface area contributed by atoms with Crippen LogP contribution >= 0.6 is 0 Å². The Balaban J connectivity index is 2.87. The Morgan fingerprint density at radius 1 is 1.28 bits per heavy atom. The summed E-state index contributed by atoms with van der Waals surface area (Å²) >= 11 is 0. The van der Waals surface area contributed by atoms with Gasteiger partial charge in [0.1, 0.15) is 0 Å². The first-order valence-electron chi connectivity index (χ1n) is 6.66. The summed E-state index contributed by atoms with van der Waals surface area (Å²) in [7, 11) is 0. The van der Waals surface area contributed by atoms with E-state index in [0.717, 1.165) is 37.1 Å². The summed E-state index contributed by atoms with van der Waals surface area (Å²) < 4.78 is 0. The molecule has 0 aliphatic heterocycles. The number of nitrogens with zero attached hydrogens (tertiary/aromatic N) is 1. The normalized spacial score (nSPS) is 10.4. The van der Waals surface area contributed by atoms with E-state index in [1.165, 1.54) is 5.56 Å². The van der Waals surface area contributed by atoms with Crippen molar-refractivity contribution in [3.8, 4) is 0 Å². The number of hydrogen-bond donors (Lipinski definition) is 1. The average molecular weight is 248 g/mol. The number of carbonyl (C=O) groups excluding carboxylic acids is 1. The molecule has 0 fully saturated rings. The zero-order valence-corrected chi connectivity index (χ0v) is 11.7. The van der Waals surface area contributed by atoms with Gasteiger partial charge in [-0.25, -0.2) is 0 Å². The molecule has 0 unspecified atom stereocenters. The molecule has 0 radical (unpaired) electrons. The lowest BCUT2D eigenvalue weighted by Gasteiger charge is -2.23. The quantitative estimate of drug-likeness (QED) is 0.840. The summed E-state index contributed by atoms with van der Waals surface area (Å²) in [6.45, 7) is 8.29. The third kappa shape index (κ3) is 3.84. The number of amides is 1. The van der Waals surface area contributed by atoms with Crippen LogP contribution in [-0.4, -0.2) is 30.4 Å². The fourth-order valence-corrected chi connectivity index (χ4v) is 2.09. The second kappa shape index (κ2) is 7.17. The molecule has 3 heteroatoms. The molecular weight excluding hydrogens is 224 g/mol. The highest BCUT2D eigenvalue weighted by Gasteiger charge is 2.16. The molecular formula is C15H24N2O. The van der Waals surface area contributed by atoms with E-state index in [0.29, 0.717) is 6.54 Å². The van der Waals surface area contributed by atoms with Crippen molar-refractivity contribution >= 4 is 5.91 Å². The molecule has 0 spiro atoms. The van der Waals surface area contributed by atoms with Crippen LogP contribution in [0.3, 0.4) is 0 Å². The molecule has 0 aliphatic rings. The van der Waals surface area contributed by atoms with Gasteiger partial charge in [0, 0.05) is 18.7 Å². The Labute approximate surface area is 110 Å². The molecule has 1 rings (SSSR count). The van der Waals surface area contributed by atoms with Gasteiger partial charge in [-0.1, -0.05) is 24.6 Å². The Morgan fingerprint density at radius 2 is 2.00 bits per heavy atom. The van der Waals surface area contributed by atoms with Gasteiger partial charge >= 0.3 is 0 Å². The number of nitrogens with two attached hydrogens (primary N) is 1. The van der Waals surface area contributed by atoms with Gasteiger partial charge in [0.05, 0.1) is 0 Å². The molecule has 1 aromatic carbocycles. The Morgan fingerprint density at radius 3 is 2.56 bits per heavy atom. The third-order valence-corrected chi connectivity index (χ3v) is 3.03. The fraction of sp³-hybridized carbons (Fsp3) is 0.533. The molecule has 0 aromatic heterocycles. The summed E-state index contributed by atoms with van der Waals surface area (Å²) in [6.07, 6.45) is 1.83. The van der Waals surface area contributed by atoms with Crippen molar-refractivity contribution in [2.75, 3.05) is 19.6 Å². The SMILES string of the molecule is CCCN(CCCN)C(=O)c1ccc(C)cc1C. The second-order valence-electron chi connectivity index (χ2n) is 4.75. The molecule has 0 aliphatic carbocycles. The van der Waals surface area contributed by atoms with Gasteiger partial charge in [-0.2, -0.15) is 0 Å². The lowest BCUT2D eigenvalue weighted by atomic mass is 10.0. The van der Waals surface area contributed by atoms with Crippen LogP contribution < -0.4 is 5.73 Å². The van der Waals surface area contributed by atoms with Crippen LogP contribution in [0.1, 0.15) is 41.3 Å². The topological polar surface area (TPSA) is 46.3 Å². The number of rotatable bonds is 6. The molecule has 100 valence electrons. The van der Waals surface area contributed by atoms with Crippen molar-refractivity contribution in [3.63, 3.8) is 0 Å². The van der Waals surface area contributed by atoms with Crippen molar-refractivity contribution in [1.82, 2.24) is 4.90 Å². The lowest BCUT2D eigenvalue weighted by Crippen LogP contribution is -2.34. The second-order valence-corrected chi connectivity index (χ2v) is 4.75. The number of hydrogen-bond acceptors (Lipinski definition) is 2. The van der Waals surface area contributed by atoms with E-state index in [-0.39, 0.29) is 5.91 Å². The number of aryl methyl sites for hydroxylation is 2. The van der Waals surface area contributed by atoms with Crippen LogP contribution in [0.4, 0.5) is 0 Å². The molecule has 1 aromatic rings. The maximum absolute atomic E-state index is 12.5. The standard InChI is InChI=1S/C15H24N2O/c1-4-9-17(10-5-8-16)15(18)14-7-6-12(2)11-13(14)3/h6-7,11H,4-5,8-10,16H2,1-3H3. The Hall–Kier alpha value is -1.35. The zero-order chi connectivity index (χ0) is 13.5. The Bertz CT molecular complexity index is 401. The summed E-state index contributed by atoms with van der Waals surface area (Å²) in [5, 5.41) is 0. The van der Waals surface area contributed by atoms with Gasteiger partial charge < -0.3 is 10.6 Å². The summed E-state index contributed by atoms with van der Waals surface area (Å²) in [5.41, 5.74) is 8.57. The van der Waals surface area contributed by atoms with Crippen molar-refractivity contribution in [2.45, 2.75) is 33.6 Å². The van der Waals surface area contributed by atoms with Gasteiger partial charge in [-0.15, -0.1) is 0 Å². The van der Waals surface area contributed by atoms with Gasteiger partial charge in [-0.05, 0) is 44.9 Å². The van der Waals surface area contributed by atoms with Crippen molar-refractivity contribution in [2.24, 2.45) is 5.73 Å². The molecule has 0 atom stereocenters. The molecule has 0 bridgehead atoms. The largest absolute Gasteiger partial charge is 0.339 e. The first-order valence-corrected chi connectivity index (χ1v) is 6.66. The maximum atomic E-state index is 12.5. The minimum Gasteiger partial charge on any atom is -0.339 e. The average Bonchev–Trinajstić information content (AvgIpc) is 2.33. The lowest BCUT2D eigenvalue weighted by molar-refractivity contribution is 0.0754. The van der Waals surface area contributed by atoms with E-state index < -0.39 is 0 Å². The first kappa shape index (κ1) is 14.7. The predicted molar refractivity (Wildman–Crippen MR) is 75.8 cm³/mol.